The molecule has 0 fully saturated rings. The lowest BCUT2D eigenvalue weighted by molar-refractivity contribution is 0.0696. The molecule has 1 aromatic heterocycles. The lowest BCUT2D eigenvalue weighted by atomic mass is 10.2. The molecule has 2 aromatic carbocycles. The number of carboxylic acids is 1. The van der Waals surface area contributed by atoms with Gasteiger partial charge in [-0.15, -0.1) is 0 Å². The molecular formula is C20H12F2N2O4. The van der Waals surface area contributed by atoms with Crippen LogP contribution in [0.3, 0.4) is 0 Å². The minimum absolute atomic E-state index is 0.00901. The number of hydrogen-bond donors (Lipinski definition) is 1. The summed E-state index contributed by atoms with van der Waals surface area (Å²) in [5, 5.41) is 17.9. The third kappa shape index (κ3) is 3.88. The van der Waals surface area contributed by atoms with Gasteiger partial charge in [0.25, 0.3) is 11.8 Å². The van der Waals surface area contributed by atoms with Crippen molar-refractivity contribution in [2.45, 2.75) is 6.92 Å². The lowest BCUT2D eigenvalue weighted by Gasteiger charge is -2.12. The Morgan fingerprint density at radius 1 is 1.04 bits per heavy atom. The van der Waals surface area contributed by atoms with E-state index < -0.39 is 29.4 Å². The number of carbonyl (C=O) groups is 1. The number of hydrogen-bond acceptors (Lipinski definition) is 5. The number of benzene rings is 2. The molecule has 6 nitrogen and oxygen atoms in total. The summed E-state index contributed by atoms with van der Waals surface area (Å²) in [5.74, 6) is -4.23. The van der Waals surface area contributed by atoms with Crippen molar-refractivity contribution in [3.8, 4) is 29.3 Å². The van der Waals surface area contributed by atoms with E-state index in [-0.39, 0.29) is 22.6 Å². The number of aromatic nitrogens is 1. The summed E-state index contributed by atoms with van der Waals surface area (Å²) in [7, 11) is 0. The average molecular weight is 382 g/mol. The third-order valence-electron chi connectivity index (χ3n) is 3.71. The second-order valence-corrected chi connectivity index (χ2v) is 5.65. The monoisotopic (exact) mass is 382 g/mol. The Bertz CT molecular complexity index is 1110. The first-order valence-corrected chi connectivity index (χ1v) is 7.94. The fraction of sp³-hybridized carbons (Fsp3) is 0.0500. The molecule has 0 amide bonds. The normalized spacial score (nSPS) is 10.2. The minimum Gasteiger partial charge on any atom is -0.478 e. The molecule has 0 aliphatic heterocycles. The van der Waals surface area contributed by atoms with E-state index in [9.17, 15) is 13.6 Å². The van der Waals surface area contributed by atoms with Gasteiger partial charge in [0.2, 0.25) is 0 Å². The summed E-state index contributed by atoms with van der Waals surface area (Å²) in [5.41, 5.74) is -0.161. The molecule has 0 bridgehead atoms. The Morgan fingerprint density at radius 3 is 2.18 bits per heavy atom. The van der Waals surface area contributed by atoms with Crippen molar-refractivity contribution in [3.63, 3.8) is 0 Å². The molecule has 3 rings (SSSR count). The van der Waals surface area contributed by atoms with Crippen LogP contribution in [0.1, 0.15) is 21.5 Å². The van der Waals surface area contributed by atoms with Gasteiger partial charge >= 0.3 is 5.97 Å². The van der Waals surface area contributed by atoms with Gasteiger partial charge in [-0.3, -0.25) is 0 Å². The zero-order valence-corrected chi connectivity index (χ0v) is 14.4. The van der Waals surface area contributed by atoms with Gasteiger partial charge in [0.05, 0.1) is 17.2 Å². The number of ether oxygens (including phenoxy) is 2. The highest BCUT2D eigenvalue weighted by Crippen LogP contribution is 2.33. The van der Waals surface area contributed by atoms with E-state index in [0.717, 1.165) is 0 Å². The van der Waals surface area contributed by atoms with Crippen molar-refractivity contribution in [3.05, 3.63) is 76.9 Å². The van der Waals surface area contributed by atoms with Gasteiger partial charge in [0.15, 0.2) is 11.6 Å². The number of nitrogens with zero attached hydrogens (tertiary/aromatic N) is 2. The van der Waals surface area contributed by atoms with Crippen LogP contribution in [0.25, 0.3) is 0 Å². The smallest absolute Gasteiger partial charge is 0.335 e. The number of aromatic carboxylic acids is 1. The number of nitriles is 1. The fourth-order valence-electron chi connectivity index (χ4n) is 2.29. The van der Waals surface area contributed by atoms with E-state index in [4.69, 9.17) is 19.8 Å². The molecule has 0 spiro atoms. The van der Waals surface area contributed by atoms with Gasteiger partial charge in [-0.2, -0.15) is 10.2 Å². The zero-order valence-electron chi connectivity index (χ0n) is 14.4. The van der Waals surface area contributed by atoms with E-state index in [0.29, 0.717) is 5.56 Å². The van der Waals surface area contributed by atoms with E-state index in [1.54, 1.807) is 0 Å². The molecule has 1 N–H and O–H groups in total. The molecule has 0 radical (unpaired) electrons. The van der Waals surface area contributed by atoms with Gasteiger partial charge < -0.3 is 14.6 Å². The fourth-order valence-corrected chi connectivity index (χ4v) is 2.29. The van der Waals surface area contributed by atoms with Gasteiger partial charge in [-0.1, -0.05) is 12.1 Å². The van der Waals surface area contributed by atoms with Crippen LogP contribution in [-0.4, -0.2) is 16.1 Å². The Labute approximate surface area is 158 Å². The van der Waals surface area contributed by atoms with Gasteiger partial charge in [-0.05, 0) is 43.3 Å². The third-order valence-corrected chi connectivity index (χ3v) is 3.71. The summed E-state index contributed by atoms with van der Waals surface area (Å²) >= 11 is 0. The van der Waals surface area contributed by atoms with Crippen LogP contribution in [-0.2, 0) is 0 Å². The Morgan fingerprint density at radius 2 is 1.61 bits per heavy atom. The van der Waals surface area contributed by atoms with Crippen LogP contribution in [0.2, 0.25) is 0 Å². The maximum absolute atomic E-state index is 14.4. The summed E-state index contributed by atoms with van der Waals surface area (Å²) < 4.78 is 39.5. The first-order valence-electron chi connectivity index (χ1n) is 7.94. The topological polar surface area (TPSA) is 92.4 Å². The van der Waals surface area contributed by atoms with Crippen molar-refractivity contribution in [1.29, 1.82) is 5.26 Å². The summed E-state index contributed by atoms with van der Waals surface area (Å²) in [6, 6.07) is 13.2. The maximum atomic E-state index is 14.4. The Kier molecular flexibility index (Phi) is 5.18. The SMILES string of the molecule is Cc1c(F)c(Oc2cccc(C#N)c2)nc(Oc2cccc(C(=O)O)c2)c1F. The van der Waals surface area contributed by atoms with Crippen LogP contribution >= 0.6 is 0 Å². The summed E-state index contributed by atoms with van der Waals surface area (Å²) in [6.45, 7) is 1.19. The molecule has 3 aromatic rings. The van der Waals surface area contributed by atoms with E-state index in [1.165, 1.54) is 55.5 Å². The Hall–Kier alpha value is -3.99. The molecule has 0 aliphatic carbocycles. The molecule has 0 atom stereocenters. The van der Waals surface area contributed by atoms with Crippen LogP contribution < -0.4 is 9.47 Å². The molecule has 0 saturated heterocycles. The van der Waals surface area contributed by atoms with Crippen LogP contribution in [0.4, 0.5) is 8.78 Å². The Balaban J connectivity index is 1.97. The molecule has 0 unspecified atom stereocenters. The standard InChI is InChI=1S/C20H12F2N2O4/c1-11-16(21)18(27-14-6-2-4-12(8-14)10-23)24-19(17(11)22)28-15-7-3-5-13(9-15)20(25)26/h2-9H,1H3,(H,25,26). The zero-order chi connectivity index (χ0) is 20.3. The van der Waals surface area contributed by atoms with E-state index in [1.807, 2.05) is 6.07 Å². The van der Waals surface area contributed by atoms with Crippen molar-refractivity contribution in [1.82, 2.24) is 4.98 Å². The van der Waals surface area contributed by atoms with Gasteiger partial charge in [0.1, 0.15) is 11.5 Å². The quantitative estimate of drug-likeness (QED) is 0.680. The molecular weight excluding hydrogens is 370 g/mol. The molecule has 140 valence electrons. The maximum Gasteiger partial charge on any atom is 0.335 e. The van der Waals surface area contributed by atoms with E-state index >= 15 is 0 Å². The molecule has 0 aliphatic rings. The number of rotatable bonds is 5. The lowest BCUT2D eigenvalue weighted by Crippen LogP contribution is -2.03. The molecule has 8 heteroatoms. The first-order chi connectivity index (χ1) is 13.4. The molecule has 28 heavy (non-hydrogen) atoms. The van der Waals surface area contributed by atoms with Crippen molar-refractivity contribution in [2.75, 3.05) is 0 Å². The predicted molar refractivity (Wildman–Crippen MR) is 93.6 cm³/mol. The summed E-state index contributed by atoms with van der Waals surface area (Å²) in [6.07, 6.45) is 0. The highest BCUT2D eigenvalue weighted by Gasteiger charge is 2.21. The number of pyridine rings is 1. The van der Waals surface area contributed by atoms with Crippen LogP contribution in [0.5, 0.6) is 23.3 Å². The number of carboxylic acid groups (broad SMARTS) is 1. The van der Waals surface area contributed by atoms with Gasteiger partial charge in [-0.25, -0.2) is 13.6 Å². The largest absolute Gasteiger partial charge is 0.478 e. The van der Waals surface area contributed by atoms with E-state index in [2.05, 4.69) is 4.98 Å². The van der Waals surface area contributed by atoms with Crippen LogP contribution in [0, 0.1) is 29.9 Å². The second kappa shape index (κ2) is 7.72. The van der Waals surface area contributed by atoms with Crippen LogP contribution in [0.15, 0.2) is 48.5 Å². The van der Waals surface area contributed by atoms with Crippen molar-refractivity contribution >= 4 is 5.97 Å². The summed E-state index contributed by atoms with van der Waals surface area (Å²) in [4.78, 5) is 14.8. The van der Waals surface area contributed by atoms with Crippen molar-refractivity contribution in [2.24, 2.45) is 0 Å². The number of halogens is 2. The first kappa shape index (κ1) is 18.8. The van der Waals surface area contributed by atoms with Crippen molar-refractivity contribution < 1.29 is 28.2 Å². The minimum atomic E-state index is -1.18. The average Bonchev–Trinajstić information content (AvgIpc) is 2.70. The molecule has 0 saturated carbocycles. The second-order valence-electron chi connectivity index (χ2n) is 5.65. The highest BCUT2D eigenvalue weighted by atomic mass is 19.1. The predicted octanol–water partition coefficient (Wildman–Crippen LogP) is 4.82. The van der Waals surface area contributed by atoms with Gasteiger partial charge in [0, 0.05) is 5.56 Å². The highest BCUT2D eigenvalue weighted by molar-refractivity contribution is 5.88. The molecule has 1 heterocycles.